The lowest BCUT2D eigenvalue weighted by molar-refractivity contribution is 0.469. The predicted octanol–water partition coefficient (Wildman–Crippen LogP) is 3.93. The molecule has 1 aromatic rings. The van der Waals surface area contributed by atoms with E-state index in [1.165, 1.54) is 0 Å². The zero-order valence-corrected chi connectivity index (χ0v) is 9.42. The molecule has 0 aromatic carbocycles. The molecule has 0 radical (unpaired) electrons. The van der Waals surface area contributed by atoms with Crippen LogP contribution in [0.25, 0.3) is 0 Å². The molecule has 1 heterocycles. The van der Waals surface area contributed by atoms with Crippen LogP contribution in [0.2, 0.25) is 0 Å². The first-order valence-electron chi connectivity index (χ1n) is 4.38. The Bertz CT molecular complexity index is 158. The van der Waals surface area contributed by atoms with Crippen LogP contribution in [0.15, 0.2) is 22.8 Å². The number of furan rings is 1. The Morgan fingerprint density at radius 2 is 2.00 bits per heavy atom. The van der Waals surface area contributed by atoms with Gasteiger partial charge in [0.25, 0.3) is 0 Å². The second-order valence-corrected chi connectivity index (χ2v) is 2.32. The van der Waals surface area contributed by atoms with Gasteiger partial charge in [-0.3, -0.25) is 0 Å². The van der Waals surface area contributed by atoms with Gasteiger partial charge in [0, 0.05) is 5.92 Å². The Kier molecular flexibility index (Phi) is 10.3. The molecule has 0 N–H and O–H groups in total. The molecule has 1 atom stereocenters. The average molecular weight is 188 g/mol. The molecule has 0 amide bonds. The van der Waals surface area contributed by atoms with Crippen molar-refractivity contribution < 1.29 is 4.42 Å². The van der Waals surface area contributed by atoms with E-state index in [1.807, 2.05) is 26.0 Å². The van der Waals surface area contributed by atoms with Crippen molar-refractivity contribution in [3.63, 3.8) is 0 Å². The molecule has 72 valence electrons. The second kappa shape index (κ2) is 8.72. The van der Waals surface area contributed by atoms with Gasteiger partial charge in [-0.2, -0.15) is 13.5 Å². The summed E-state index contributed by atoms with van der Waals surface area (Å²) in [6.07, 6.45) is 2.87. The standard InChI is InChI=1S/C8H12O.C2H6.H2S/c1-3-7(2)8-5-4-6-9-8;1-2;/h4-7H,3H2,1-2H3;1-2H3;1H2. The molecule has 0 bridgehead atoms. The van der Waals surface area contributed by atoms with Crippen LogP contribution in [0.1, 0.15) is 45.8 Å². The molecule has 1 nitrogen and oxygen atoms in total. The molecule has 12 heavy (non-hydrogen) atoms. The van der Waals surface area contributed by atoms with Gasteiger partial charge in [0.05, 0.1) is 6.26 Å². The van der Waals surface area contributed by atoms with Gasteiger partial charge in [-0.15, -0.1) is 0 Å². The summed E-state index contributed by atoms with van der Waals surface area (Å²) in [7, 11) is 0. The highest BCUT2D eigenvalue weighted by atomic mass is 32.1. The fraction of sp³-hybridized carbons (Fsp3) is 0.600. The van der Waals surface area contributed by atoms with Crippen LogP contribution in [-0.4, -0.2) is 0 Å². The highest BCUT2D eigenvalue weighted by Gasteiger charge is 2.02. The molecule has 0 spiro atoms. The first kappa shape index (κ1) is 14.2. The highest BCUT2D eigenvalue weighted by Crippen LogP contribution is 2.17. The minimum Gasteiger partial charge on any atom is -0.469 e. The minimum absolute atomic E-state index is 0. The van der Waals surface area contributed by atoms with Gasteiger partial charge >= 0.3 is 0 Å². The molecule has 0 aliphatic rings. The van der Waals surface area contributed by atoms with Gasteiger partial charge < -0.3 is 4.42 Å². The summed E-state index contributed by atoms with van der Waals surface area (Å²) in [5.41, 5.74) is 0. The lowest BCUT2D eigenvalue weighted by Crippen LogP contribution is -1.85. The van der Waals surface area contributed by atoms with E-state index >= 15 is 0 Å². The molecular formula is C10H20OS. The zero-order valence-electron chi connectivity index (χ0n) is 8.42. The first-order valence-corrected chi connectivity index (χ1v) is 4.38. The Balaban J connectivity index is 0. The minimum atomic E-state index is 0. The van der Waals surface area contributed by atoms with E-state index in [-0.39, 0.29) is 13.5 Å². The SMILES string of the molecule is CC.CCC(C)c1ccco1.S. The highest BCUT2D eigenvalue weighted by molar-refractivity contribution is 7.59. The maximum absolute atomic E-state index is 5.19. The molecule has 2 heteroatoms. The molecule has 0 aliphatic carbocycles. The van der Waals surface area contributed by atoms with Crippen molar-refractivity contribution >= 4 is 13.5 Å². The van der Waals surface area contributed by atoms with Crippen LogP contribution in [0.4, 0.5) is 0 Å². The molecule has 1 rings (SSSR count). The molecular weight excluding hydrogens is 168 g/mol. The van der Waals surface area contributed by atoms with Gasteiger partial charge in [0.1, 0.15) is 5.76 Å². The van der Waals surface area contributed by atoms with E-state index in [0.29, 0.717) is 5.92 Å². The third-order valence-electron chi connectivity index (χ3n) is 1.64. The van der Waals surface area contributed by atoms with Gasteiger partial charge in [0.2, 0.25) is 0 Å². The van der Waals surface area contributed by atoms with E-state index in [1.54, 1.807) is 6.26 Å². The Labute approximate surface area is 82.6 Å². The second-order valence-electron chi connectivity index (χ2n) is 2.32. The molecule has 1 unspecified atom stereocenters. The maximum atomic E-state index is 5.19. The Morgan fingerprint density at radius 1 is 1.42 bits per heavy atom. The number of hydrogen-bond acceptors (Lipinski definition) is 1. The third kappa shape index (κ3) is 4.50. The van der Waals surface area contributed by atoms with Crippen LogP contribution >= 0.6 is 13.5 Å². The third-order valence-corrected chi connectivity index (χ3v) is 1.64. The van der Waals surface area contributed by atoms with Crippen LogP contribution in [0.5, 0.6) is 0 Å². The zero-order chi connectivity index (χ0) is 8.69. The van der Waals surface area contributed by atoms with E-state index in [2.05, 4.69) is 13.8 Å². The Morgan fingerprint density at radius 3 is 2.33 bits per heavy atom. The van der Waals surface area contributed by atoms with E-state index < -0.39 is 0 Å². The van der Waals surface area contributed by atoms with Gasteiger partial charge in [-0.05, 0) is 18.6 Å². The van der Waals surface area contributed by atoms with Crippen molar-refractivity contribution in [1.29, 1.82) is 0 Å². The fourth-order valence-corrected chi connectivity index (χ4v) is 0.773. The topological polar surface area (TPSA) is 13.1 Å². The first-order chi connectivity index (χ1) is 5.34. The van der Waals surface area contributed by atoms with E-state index in [4.69, 9.17) is 4.42 Å². The quantitative estimate of drug-likeness (QED) is 0.685. The lowest BCUT2D eigenvalue weighted by atomic mass is 10.1. The summed E-state index contributed by atoms with van der Waals surface area (Å²) in [4.78, 5) is 0. The summed E-state index contributed by atoms with van der Waals surface area (Å²) >= 11 is 0. The van der Waals surface area contributed by atoms with Crippen LogP contribution < -0.4 is 0 Å². The normalized spacial score (nSPS) is 10.7. The Hall–Kier alpha value is -0.370. The smallest absolute Gasteiger partial charge is 0.106 e. The van der Waals surface area contributed by atoms with Crippen molar-refractivity contribution in [2.24, 2.45) is 0 Å². The van der Waals surface area contributed by atoms with Gasteiger partial charge in [-0.25, -0.2) is 0 Å². The summed E-state index contributed by atoms with van der Waals surface area (Å²) in [6, 6.07) is 3.95. The van der Waals surface area contributed by atoms with Crippen molar-refractivity contribution in [2.75, 3.05) is 0 Å². The number of rotatable bonds is 2. The van der Waals surface area contributed by atoms with Crippen molar-refractivity contribution in [2.45, 2.75) is 40.0 Å². The molecule has 1 aromatic heterocycles. The van der Waals surface area contributed by atoms with Crippen molar-refractivity contribution in [3.8, 4) is 0 Å². The lowest BCUT2D eigenvalue weighted by Gasteiger charge is -2.01. The molecule has 0 aliphatic heterocycles. The summed E-state index contributed by atoms with van der Waals surface area (Å²) < 4.78 is 5.19. The van der Waals surface area contributed by atoms with Crippen LogP contribution in [-0.2, 0) is 0 Å². The van der Waals surface area contributed by atoms with Crippen LogP contribution in [0, 0.1) is 0 Å². The monoisotopic (exact) mass is 188 g/mol. The van der Waals surface area contributed by atoms with Gasteiger partial charge in [0.15, 0.2) is 0 Å². The number of hydrogen-bond donors (Lipinski definition) is 0. The fourth-order valence-electron chi connectivity index (χ4n) is 0.773. The predicted molar refractivity (Wildman–Crippen MR) is 59.1 cm³/mol. The van der Waals surface area contributed by atoms with Crippen LogP contribution in [0.3, 0.4) is 0 Å². The van der Waals surface area contributed by atoms with E-state index in [9.17, 15) is 0 Å². The molecule has 0 fully saturated rings. The summed E-state index contributed by atoms with van der Waals surface area (Å²) in [5, 5.41) is 0. The molecule has 0 saturated carbocycles. The maximum Gasteiger partial charge on any atom is 0.106 e. The molecule has 0 saturated heterocycles. The average Bonchev–Trinajstić information content (AvgIpc) is 2.59. The summed E-state index contributed by atoms with van der Waals surface area (Å²) in [6.45, 7) is 8.33. The largest absolute Gasteiger partial charge is 0.469 e. The summed E-state index contributed by atoms with van der Waals surface area (Å²) in [5.74, 6) is 1.66. The van der Waals surface area contributed by atoms with Crippen molar-refractivity contribution in [1.82, 2.24) is 0 Å². The van der Waals surface area contributed by atoms with Crippen molar-refractivity contribution in [3.05, 3.63) is 24.2 Å². The van der Waals surface area contributed by atoms with E-state index in [0.717, 1.165) is 12.2 Å². The van der Waals surface area contributed by atoms with Gasteiger partial charge in [-0.1, -0.05) is 27.7 Å².